The second kappa shape index (κ2) is 3.47. The fourth-order valence-electron chi connectivity index (χ4n) is 2.16. The van der Waals surface area contributed by atoms with Gasteiger partial charge in [0.1, 0.15) is 0 Å². The fraction of sp³-hybridized carbons (Fsp3) is 1.00. The molecule has 0 saturated heterocycles. The number of hydrogen-bond acceptors (Lipinski definition) is 3. The predicted molar refractivity (Wildman–Crippen MR) is 55.3 cm³/mol. The van der Waals surface area contributed by atoms with Crippen molar-refractivity contribution in [2.45, 2.75) is 49.3 Å². The van der Waals surface area contributed by atoms with Crippen molar-refractivity contribution in [3.8, 4) is 0 Å². The summed E-state index contributed by atoms with van der Waals surface area (Å²) < 4.78 is 26.3. The van der Waals surface area contributed by atoms with Crippen molar-refractivity contribution >= 4 is 10.0 Å². The highest BCUT2D eigenvalue weighted by Gasteiger charge is 2.42. The first-order valence-corrected chi connectivity index (χ1v) is 6.85. The van der Waals surface area contributed by atoms with Crippen molar-refractivity contribution in [3.63, 3.8) is 0 Å². The van der Waals surface area contributed by atoms with Gasteiger partial charge in [0, 0.05) is 12.1 Å². The van der Waals surface area contributed by atoms with Gasteiger partial charge in [-0.25, -0.2) is 13.1 Å². The zero-order chi connectivity index (χ0) is 10.2. The summed E-state index contributed by atoms with van der Waals surface area (Å²) in [5.74, 6) is 0. The highest BCUT2D eigenvalue weighted by molar-refractivity contribution is 7.90. The summed E-state index contributed by atoms with van der Waals surface area (Å²) in [6.07, 6.45) is 5.60. The van der Waals surface area contributed by atoms with Gasteiger partial charge in [-0.2, -0.15) is 0 Å². The molecular formula is C9H18N2O2S. The minimum absolute atomic E-state index is 0.133. The van der Waals surface area contributed by atoms with E-state index in [9.17, 15) is 8.42 Å². The van der Waals surface area contributed by atoms with Crippen LogP contribution in [0.3, 0.4) is 0 Å². The van der Waals surface area contributed by atoms with Gasteiger partial charge in [0.2, 0.25) is 10.0 Å². The number of nitrogens with one attached hydrogen (secondary N) is 1. The summed E-state index contributed by atoms with van der Waals surface area (Å²) >= 11 is 0. The second-order valence-corrected chi connectivity index (χ2v) is 6.50. The van der Waals surface area contributed by atoms with Gasteiger partial charge in [-0.15, -0.1) is 0 Å². The maximum atomic E-state index is 11.7. The molecular weight excluding hydrogens is 200 g/mol. The molecule has 0 atom stereocenters. The van der Waals surface area contributed by atoms with E-state index in [0.29, 0.717) is 6.54 Å². The van der Waals surface area contributed by atoms with E-state index in [1.54, 1.807) is 0 Å². The predicted octanol–water partition coefficient (Wildman–Crippen LogP) is 0.340. The highest BCUT2D eigenvalue weighted by atomic mass is 32.2. The lowest BCUT2D eigenvalue weighted by atomic mass is 10.0. The van der Waals surface area contributed by atoms with Crippen LogP contribution in [-0.2, 0) is 10.0 Å². The van der Waals surface area contributed by atoms with Gasteiger partial charge in [-0.05, 0) is 25.7 Å². The molecule has 0 bridgehead atoms. The van der Waals surface area contributed by atoms with Crippen LogP contribution in [0.2, 0.25) is 0 Å². The lowest BCUT2D eigenvalue weighted by Crippen LogP contribution is -2.52. The smallest absolute Gasteiger partial charge is 0.215 e. The van der Waals surface area contributed by atoms with Gasteiger partial charge in [-0.1, -0.05) is 12.8 Å². The van der Waals surface area contributed by atoms with E-state index in [4.69, 9.17) is 5.73 Å². The molecule has 2 fully saturated rings. The van der Waals surface area contributed by atoms with E-state index in [1.165, 1.54) is 0 Å². The first-order chi connectivity index (χ1) is 6.58. The molecule has 0 aromatic rings. The fourth-order valence-corrected chi connectivity index (χ4v) is 3.98. The minimum atomic E-state index is -3.07. The largest absolute Gasteiger partial charge is 0.329 e. The van der Waals surface area contributed by atoms with E-state index < -0.39 is 10.0 Å². The molecule has 14 heavy (non-hydrogen) atoms. The maximum Gasteiger partial charge on any atom is 0.215 e. The molecule has 0 unspecified atom stereocenters. The first-order valence-electron chi connectivity index (χ1n) is 5.31. The van der Waals surface area contributed by atoms with Crippen LogP contribution in [0.15, 0.2) is 0 Å². The van der Waals surface area contributed by atoms with Gasteiger partial charge in [-0.3, -0.25) is 0 Å². The average Bonchev–Trinajstić information content (AvgIpc) is 2.90. The Balaban J connectivity index is 2.07. The Morgan fingerprint density at radius 2 is 1.86 bits per heavy atom. The van der Waals surface area contributed by atoms with Gasteiger partial charge < -0.3 is 5.73 Å². The molecule has 0 radical (unpaired) electrons. The second-order valence-electron chi connectivity index (χ2n) is 4.54. The SMILES string of the molecule is NCC1(NS(=O)(=O)C2CC2)CCCC1. The average molecular weight is 218 g/mol. The van der Waals surface area contributed by atoms with Crippen molar-refractivity contribution < 1.29 is 8.42 Å². The van der Waals surface area contributed by atoms with E-state index in [-0.39, 0.29) is 10.8 Å². The van der Waals surface area contributed by atoms with Gasteiger partial charge in [0.15, 0.2) is 0 Å². The van der Waals surface area contributed by atoms with Gasteiger partial charge in [0.25, 0.3) is 0 Å². The summed E-state index contributed by atoms with van der Waals surface area (Å²) in [4.78, 5) is 0. The molecule has 2 rings (SSSR count). The first kappa shape index (κ1) is 10.4. The third-order valence-electron chi connectivity index (χ3n) is 3.27. The summed E-state index contributed by atoms with van der Waals surface area (Å²) in [6, 6.07) is 0. The van der Waals surface area contributed by atoms with Crippen LogP contribution in [0, 0.1) is 0 Å². The zero-order valence-electron chi connectivity index (χ0n) is 8.33. The minimum Gasteiger partial charge on any atom is -0.329 e. The lowest BCUT2D eigenvalue weighted by molar-refractivity contribution is 0.399. The van der Waals surface area contributed by atoms with E-state index in [1.807, 2.05) is 0 Å². The topological polar surface area (TPSA) is 72.2 Å². The van der Waals surface area contributed by atoms with Crippen LogP contribution in [0.1, 0.15) is 38.5 Å². The Labute approximate surface area is 85.3 Å². The molecule has 4 nitrogen and oxygen atoms in total. The monoisotopic (exact) mass is 218 g/mol. The zero-order valence-corrected chi connectivity index (χ0v) is 9.15. The quantitative estimate of drug-likeness (QED) is 0.714. The summed E-state index contributed by atoms with van der Waals surface area (Å²) in [6.45, 7) is 0.430. The summed E-state index contributed by atoms with van der Waals surface area (Å²) in [5, 5.41) is -0.133. The number of sulfonamides is 1. The third kappa shape index (κ3) is 1.94. The number of rotatable bonds is 4. The van der Waals surface area contributed by atoms with Crippen molar-refractivity contribution in [2.75, 3.05) is 6.54 Å². The molecule has 3 N–H and O–H groups in total. The Bertz CT molecular complexity index is 303. The molecule has 0 aromatic heterocycles. The maximum absolute atomic E-state index is 11.7. The Hall–Kier alpha value is -0.130. The van der Waals surface area contributed by atoms with Gasteiger partial charge in [0.05, 0.1) is 5.25 Å². The normalized spacial score (nSPS) is 26.6. The van der Waals surface area contributed by atoms with Crippen LogP contribution >= 0.6 is 0 Å². The number of hydrogen-bond donors (Lipinski definition) is 2. The van der Waals surface area contributed by atoms with Crippen LogP contribution in [0.25, 0.3) is 0 Å². The van der Waals surface area contributed by atoms with E-state index in [0.717, 1.165) is 38.5 Å². The van der Waals surface area contributed by atoms with Crippen molar-refractivity contribution in [2.24, 2.45) is 5.73 Å². The van der Waals surface area contributed by atoms with Crippen LogP contribution in [0.5, 0.6) is 0 Å². The molecule has 0 spiro atoms. The van der Waals surface area contributed by atoms with Crippen molar-refractivity contribution in [3.05, 3.63) is 0 Å². The number of nitrogens with two attached hydrogens (primary N) is 1. The molecule has 82 valence electrons. The molecule has 0 aliphatic heterocycles. The Kier molecular flexibility index (Phi) is 2.57. The Morgan fingerprint density at radius 1 is 1.29 bits per heavy atom. The third-order valence-corrected chi connectivity index (χ3v) is 5.34. The van der Waals surface area contributed by atoms with E-state index in [2.05, 4.69) is 4.72 Å². The summed E-state index contributed by atoms with van der Waals surface area (Å²) in [7, 11) is -3.07. The molecule has 2 aliphatic carbocycles. The lowest BCUT2D eigenvalue weighted by Gasteiger charge is -2.28. The van der Waals surface area contributed by atoms with Crippen LogP contribution < -0.4 is 10.5 Å². The Morgan fingerprint density at radius 3 is 2.29 bits per heavy atom. The molecule has 2 aliphatic rings. The molecule has 0 amide bonds. The van der Waals surface area contributed by atoms with Gasteiger partial charge >= 0.3 is 0 Å². The standard InChI is InChI=1S/C9H18N2O2S/c10-7-9(5-1-2-6-9)11-14(12,13)8-3-4-8/h8,11H,1-7,10H2. The van der Waals surface area contributed by atoms with Crippen molar-refractivity contribution in [1.29, 1.82) is 0 Å². The molecule has 0 aromatic carbocycles. The molecule has 5 heteroatoms. The van der Waals surface area contributed by atoms with Crippen LogP contribution in [-0.4, -0.2) is 25.8 Å². The van der Waals surface area contributed by atoms with E-state index >= 15 is 0 Å². The molecule has 0 heterocycles. The molecule has 2 saturated carbocycles. The van der Waals surface area contributed by atoms with Crippen LogP contribution in [0.4, 0.5) is 0 Å². The van der Waals surface area contributed by atoms with Crippen molar-refractivity contribution in [1.82, 2.24) is 4.72 Å². The summed E-state index contributed by atoms with van der Waals surface area (Å²) in [5.41, 5.74) is 5.35. The highest BCUT2D eigenvalue weighted by Crippen LogP contribution is 2.33.